The van der Waals surface area contributed by atoms with Crippen molar-refractivity contribution in [3.05, 3.63) is 70.8 Å². The lowest BCUT2D eigenvalue weighted by atomic mass is 9.85. The van der Waals surface area contributed by atoms with Crippen LogP contribution in [-0.4, -0.2) is 56.5 Å². The number of allylic oxidation sites excluding steroid dienone is 1. The predicted molar refractivity (Wildman–Crippen MR) is 121 cm³/mol. The molecule has 1 heterocycles. The highest BCUT2D eigenvalue weighted by molar-refractivity contribution is 6.09. The number of hydrogen-bond donors (Lipinski definition) is 1. The summed E-state index contributed by atoms with van der Waals surface area (Å²) in [5, 5.41) is 3.48. The van der Waals surface area contributed by atoms with Gasteiger partial charge in [-0.15, -0.1) is 0 Å². The van der Waals surface area contributed by atoms with Crippen LogP contribution in [0.15, 0.2) is 48.5 Å². The van der Waals surface area contributed by atoms with Crippen LogP contribution in [0, 0.1) is 0 Å². The first kappa shape index (κ1) is 22.6. The van der Waals surface area contributed by atoms with E-state index in [1.54, 1.807) is 56.5 Å². The molecule has 0 unspecified atom stereocenters. The smallest absolute Gasteiger partial charge is 0.253 e. The molecule has 0 spiro atoms. The summed E-state index contributed by atoms with van der Waals surface area (Å²) in [5.41, 5.74) is 3.81. The van der Waals surface area contributed by atoms with E-state index < -0.39 is 0 Å². The second-order valence-corrected chi connectivity index (χ2v) is 8.43. The molecule has 0 atom stereocenters. The fourth-order valence-corrected chi connectivity index (χ4v) is 3.70. The molecule has 1 aliphatic rings. The average Bonchev–Trinajstić information content (AvgIpc) is 2.76. The topological polar surface area (TPSA) is 67.9 Å². The van der Waals surface area contributed by atoms with Gasteiger partial charge >= 0.3 is 0 Å². The lowest BCUT2D eigenvalue weighted by Crippen LogP contribution is -2.43. The van der Waals surface area contributed by atoms with Crippen molar-refractivity contribution < 1.29 is 19.1 Å². The Morgan fingerprint density at radius 1 is 1.10 bits per heavy atom. The summed E-state index contributed by atoms with van der Waals surface area (Å²) < 4.78 is 10.4. The first-order chi connectivity index (χ1) is 14.7. The largest absolute Gasteiger partial charge is 0.497 e. The van der Waals surface area contributed by atoms with Crippen molar-refractivity contribution in [2.45, 2.75) is 25.8 Å². The number of fused-ring (bicyclic) bond motifs is 1. The number of ketones is 1. The quantitative estimate of drug-likeness (QED) is 0.546. The minimum Gasteiger partial charge on any atom is -0.497 e. The monoisotopic (exact) mass is 422 g/mol. The van der Waals surface area contributed by atoms with E-state index in [0.717, 1.165) is 23.4 Å². The zero-order valence-corrected chi connectivity index (χ0v) is 18.8. The molecule has 0 aliphatic carbocycles. The van der Waals surface area contributed by atoms with Gasteiger partial charge in [-0.05, 0) is 50.1 Å². The molecule has 0 bridgehead atoms. The van der Waals surface area contributed by atoms with Gasteiger partial charge in [0.05, 0.1) is 13.7 Å². The van der Waals surface area contributed by atoms with Crippen molar-refractivity contribution >= 4 is 17.4 Å². The second kappa shape index (κ2) is 9.35. The van der Waals surface area contributed by atoms with Gasteiger partial charge in [0, 0.05) is 54.7 Å². The minimum absolute atomic E-state index is 0.105. The maximum Gasteiger partial charge on any atom is 0.253 e. The van der Waals surface area contributed by atoms with Gasteiger partial charge in [0.25, 0.3) is 5.91 Å². The zero-order valence-electron chi connectivity index (χ0n) is 18.8. The third-order valence-electron chi connectivity index (χ3n) is 5.38. The third kappa shape index (κ3) is 5.33. The van der Waals surface area contributed by atoms with Crippen LogP contribution in [0.3, 0.4) is 0 Å². The van der Waals surface area contributed by atoms with Gasteiger partial charge in [0.15, 0.2) is 5.78 Å². The van der Waals surface area contributed by atoms with E-state index >= 15 is 0 Å². The number of benzene rings is 2. The number of nitrogens with zero attached hydrogens (tertiary/aromatic N) is 1. The highest BCUT2D eigenvalue weighted by atomic mass is 16.5. The fraction of sp³-hybridized carbons (Fsp3) is 0.360. The Morgan fingerprint density at radius 2 is 1.77 bits per heavy atom. The van der Waals surface area contributed by atoms with Gasteiger partial charge in [-0.3, -0.25) is 9.59 Å². The second-order valence-electron chi connectivity index (χ2n) is 8.43. The number of carbonyl (C=O) groups excluding carboxylic acids is 2. The van der Waals surface area contributed by atoms with Crippen molar-refractivity contribution in [2.24, 2.45) is 0 Å². The Bertz CT molecular complexity index is 993. The molecule has 2 aromatic carbocycles. The zero-order chi connectivity index (χ0) is 22.6. The molecule has 3 rings (SSSR count). The van der Waals surface area contributed by atoms with Crippen molar-refractivity contribution in [3.63, 3.8) is 0 Å². The highest BCUT2D eigenvalue weighted by Gasteiger charge is 2.28. The number of ether oxygens (including phenoxy) is 2. The Labute approximate surface area is 183 Å². The van der Waals surface area contributed by atoms with E-state index in [2.05, 4.69) is 25.2 Å². The van der Waals surface area contributed by atoms with Crippen LogP contribution in [0.1, 0.15) is 45.7 Å². The van der Waals surface area contributed by atoms with E-state index in [0.29, 0.717) is 24.3 Å². The van der Waals surface area contributed by atoms with Crippen LogP contribution < -0.4 is 10.1 Å². The molecule has 31 heavy (non-hydrogen) atoms. The normalized spacial score (nSPS) is 15.7. The van der Waals surface area contributed by atoms with Gasteiger partial charge in [0.1, 0.15) is 5.75 Å². The van der Waals surface area contributed by atoms with E-state index in [4.69, 9.17) is 9.47 Å². The lowest BCUT2D eigenvalue weighted by Gasteiger charge is -2.35. The average molecular weight is 423 g/mol. The molecular formula is C25H30N2O4. The van der Waals surface area contributed by atoms with E-state index in [-0.39, 0.29) is 17.2 Å². The van der Waals surface area contributed by atoms with Crippen molar-refractivity contribution in [1.29, 1.82) is 0 Å². The molecule has 0 saturated heterocycles. The van der Waals surface area contributed by atoms with E-state index in [1.807, 2.05) is 12.1 Å². The summed E-state index contributed by atoms with van der Waals surface area (Å²) in [7, 11) is 4.96. The molecular weight excluding hydrogens is 392 g/mol. The number of rotatable bonds is 7. The summed E-state index contributed by atoms with van der Waals surface area (Å²) in [4.78, 5) is 27.1. The Balaban J connectivity index is 1.84. The number of amides is 1. The summed E-state index contributed by atoms with van der Waals surface area (Å²) >= 11 is 0. The molecule has 6 nitrogen and oxygen atoms in total. The predicted octanol–water partition coefficient (Wildman–Crippen LogP) is 3.56. The van der Waals surface area contributed by atoms with Crippen molar-refractivity contribution in [3.8, 4) is 5.75 Å². The molecule has 0 aromatic heterocycles. The molecule has 1 amide bonds. The molecule has 1 N–H and O–H groups in total. The van der Waals surface area contributed by atoms with Crippen LogP contribution in [0.2, 0.25) is 0 Å². The Hall–Kier alpha value is -3.12. The number of nitrogens with one attached hydrogen (secondary N) is 1. The summed E-state index contributed by atoms with van der Waals surface area (Å²) in [5.74, 6) is 0.519. The van der Waals surface area contributed by atoms with Crippen molar-refractivity contribution in [2.75, 3.05) is 34.4 Å². The first-order valence-corrected chi connectivity index (χ1v) is 10.3. The number of carbonyl (C=O) groups is 2. The lowest BCUT2D eigenvalue weighted by molar-refractivity contribution is 0.0744. The molecule has 0 radical (unpaired) electrons. The SMILES string of the molecule is COCCN(C)C(=O)c1ccc(C(=O)C=C2NC(C)(C)Cc3ccc(OC)cc32)cc1. The summed E-state index contributed by atoms with van der Waals surface area (Å²) in [6.07, 6.45) is 2.48. The van der Waals surface area contributed by atoms with Gasteiger partial charge in [-0.2, -0.15) is 0 Å². The van der Waals surface area contributed by atoms with Gasteiger partial charge in [0.2, 0.25) is 0 Å². The van der Waals surface area contributed by atoms with Crippen molar-refractivity contribution in [1.82, 2.24) is 10.2 Å². The summed E-state index contributed by atoms with van der Waals surface area (Å²) in [6.45, 7) is 5.20. The fourth-order valence-electron chi connectivity index (χ4n) is 3.70. The molecule has 2 aromatic rings. The maximum absolute atomic E-state index is 13.0. The molecule has 164 valence electrons. The summed E-state index contributed by atoms with van der Waals surface area (Å²) in [6, 6.07) is 12.7. The highest BCUT2D eigenvalue weighted by Crippen LogP contribution is 2.32. The number of methoxy groups -OCH3 is 2. The Morgan fingerprint density at radius 3 is 2.42 bits per heavy atom. The Kier molecular flexibility index (Phi) is 6.81. The van der Waals surface area contributed by atoms with E-state index in [1.165, 1.54) is 5.56 Å². The number of hydrogen-bond acceptors (Lipinski definition) is 5. The minimum atomic E-state index is -0.170. The molecule has 6 heteroatoms. The number of likely N-dealkylation sites (N-methyl/N-ethyl adjacent to an activating group) is 1. The van der Waals surface area contributed by atoms with Gasteiger partial charge in [-0.1, -0.05) is 18.2 Å². The van der Waals surface area contributed by atoms with Crippen LogP contribution in [0.25, 0.3) is 5.70 Å². The molecule has 0 saturated carbocycles. The first-order valence-electron chi connectivity index (χ1n) is 10.3. The molecule has 1 aliphatic heterocycles. The van der Waals surface area contributed by atoms with Gasteiger partial charge in [-0.25, -0.2) is 0 Å². The van der Waals surface area contributed by atoms with E-state index in [9.17, 15) is 9.59 Å². The van der Waals surface area contributed by atoms with Gasteiger partial charge < -0.3 is 19.7 Å². The van der Waals surface area contributed by atoms with Crippen LogP contribution >= 0.6 is 0 Å². The van der Waals surface area contributed by atoms with Crippen LogP contribution in [-0.2, 0) is 11.2 Å². The van der Waals surface area contributed by atoms with Crippen LogP contribution in [0.5, 0.6) is 5.75 Å². The van der Waals surface area contributed by atoms with Crippen LogP contribution in [0.4, 0.5) is 0 Å². The maximum atomic E-state index is 13.0. The third-order valence-corrected chi connectivity index (χ3v) is 5.38. The molecule has 0 fully saturated rings. The standard InChI is InChI=1S/C25H30N2O4/c1-25(2)16-19-10-11-20(31-5)14-21(19)22(26-25)15-23(28)17-6-8-18(9-7-17)24(29)27(3)12-13-30-4/h6-11,14-15,26H,12-13,16H2,1-5H3.